The van der Waals surface area contributed by atoms with Crippen LogP contribution in [0.5, 0.6) is 0 Å². The minimum absolute atomic E-state index is 0. The van der Waals surface area contributed by atoms with E-state index < -0.39 is 5.97 Å². The van der Waals surface area contributed by atoms with Crippen molar-refractivity contribution in [3.63, 3.8) is 0 Å². The maximum absolute atomic E-state index is 10.3. The number of carbonyl (C=O) groups is 1. The van der Waals surface area contributed by atoms with Crippen molar-refractivity contribution < 1.29 is 31.0 Å². The number of benzene rings is 1. The fraction of sp³-hybridized carbons (Fsp3) is 0. The van der Waals surface area contributed by atoms with Crippen LogP contribution in [0.4, 0.5) is 5.69 Å². The summed E-state index contributed by atoms with van der Waals surface area (Å²) in [5, 5.41) is 8.43. The molecule has 12 heavy (non-hydrogen) atoms. The Kier molecular flexibility index (Phi) is 6.62. The van der Waals surface area contributed by atoms with Gasteiger partial charge in [0.05, 0.1) is 5.56 Å². The molecule has 0 saturated heterocycles. The minimum Gasteiger partial charge on any atom is -0.699 e. The Morgan fingerprint density at radius 3 is 2.33 bits per heavy atom. The topological polar surface area (TPSA) is 61.1 Å². The molecule has 2 N–H and O–H groups in total. The molecule has 0 aromatic heterocycles. The van der Waals surface area contributed by atoms with E-state index >= 15 is 0 Å². The van der Waals surface area contributed by atoms with E-state index in [1.54, 1.807) is 6.07 Å². The predicted molar refractivity (Wildman–Crippen MR) is 43.8 cm³/mol. The molecule has 0 bridgehead atoms. The summed E-state index contributed by atoms with van der Waals surface area (Å²) in [5.41, 5.74) is 7.45. The van der Waals surface area contributed by atoms with Gasteiger partial charge in [0.25, 0.3) is 0 Å². The van der Waals surface area contributed by atoms with Gasteiger partial charge in [0, 0.05) is 0 Å². The van der Waals surface area contributed by atoms with Crippen molar-refractivity contribution in [1.82, 2.24) is 0 Å². The Morgan fingerprint density at radius 1 is 1.42 bits per heavy atom. The van der Waals surface area contributed by atoms with Crippen molar-refractivity contribution in [3.8, 4) is 0 Å². The first-order valence-corrected chi connectivity index (χ1v) is 2.75. The Morgan fingerprint density at radius 2 is 2.00 bits per heavy atom. The van der Waals surface area contributed by atoms with Crippen LogP contribution in [0, 0.1) is 7.43 Å². The maximum atomic E-state index is 10.3. The van der Waals surface area contributed by atoms with Crippen LogP contribution in [-0.2, 0) is 21.1 Å². The maximum Gasteiger partial charge on any atom is 2.00 e. The molecule has 1 rings (SSSR count). The van der Waals surface area contributed by atoms with Crippen molar-refractivity contribution >= 4 is 11.7 Å². The van der Waals surface area contributed by atoms with Crippen LogP contribution >= 0.6 is 0 Å². The molecule has 0 heterocycles. The second-order valence-electron chi connectivity index (χ2n) is 1.89. The SMILES string of the molecule is [CH3-].[NH-]c1cccc(C(=O)O)c1.[W+2]. The van der Waals surface area contributed by atoms with E-state index in [1.807, 2.05) is 0 Å². The van der Waals surface area contributed by atoms with Crippen LogP contribution < -0.4 is 0 Å². The van der Waals surface area contributed by atoms with Gasteiger partial charge in [-0.1, -0.05) is 18.2 Å². The molecule has 64 valence electrons. The molecule has 1 aromatic rings. The van der Waals surface area contributed by atoms with Crippen molar-refractivity contribution in [1.29, 1.82) is 0 Å². The summed E-state index contributed by atoms with van der Waals surface area (Å²) in [6.45, 7) is 0. The Bertz CT molecular complexity index is 263. The van der Waals surface area contributed by atoms with E-state index in [1.165, 1.54) is 18.2 Å². The smallest absolute Gasteiger partial charge is 0.699 e. The molecule has 0 aliphatic carbocycles. The molecule has 0 unspecified atom stereocenters. The average Bonchev–Trinajstić information content (AvgIpc) is 1.88. The molecular formula is C8H9NO2W. The molecule has 3 nitrogen and oxygen atoms in total. The summed E-state index contributed by atoms with van der Waals surface area (Å²) in [6.07, 6.45) is 0. The summed E-state index contributed by atoms with van der Waals surface area (Å²) < 4.78 is 0. The van der Waals surface area contributed by atoms with Gasteiger partial charge in [-0.2, -0.15) is 0 Å². The van der Waals surface area contributed by atoms with Crippen LogP contribution in [0.2, 0.25) is 0 Å². The zero-order valence-corrected chi connectivity index (χ0v) is 9.51. The molecule has 1 aromatic carbocycles. The third-order valence-electron chi connectivity index (χ3n) is 1.11. The first kappa shape index (κ1) is 13.7. The van der Waals surface area contributed by atoms with Gasteiger partial charge in [-0.25, -0.2) is 4.79 Å². The second kappa shape index (κ2) is 5.78. The summed E-state index contributed by atoms with van der Waals surface area (Å²) in [4.78, 5) is 10.3. The van der Waals surface area contributed by atoms with Crippen molar-refractivity contribution in [2.45, 2.75) is 0 Å². The third kappa shape index (κ3) is 3.53. The first-order chi connectivity index (χ1) is 4.70. The summed E-state index contributed by atoms with van der Waals surface area (Å²) in [7, 11) is 0. The Hall–Kier alpha value is -0.822. The number of hydrogen-bond acceptors (Lipinski definition) is 1. The molecule has 0 amide bonds. The van der Waals surface area contributed by atoms with E-state index in [-0.39, 0.29) is 39.7 Å². The molecule has 0 spiro atoms. The van der Waals surface area contributed by atoms with Crippen LogP contribution in [0.15, 0.2) is 24.3 Å². The fourth-order valence-corrected chi connectivity index (χ4v) is 0.652. The van der Waals surface area contributed by atoms with Gasteiger partial charge < -0.3 is 18.3 Å². The van der Waals surface area contributed by atoms with Gasteiger partial charge in [0.1, 0.15) is 0 Å². The summed E-state index contributed by atoms with van der Waals surface area (Å²) in [6, 6.07) is 5.85. The monoisotopic (exact) mass is 335 g/mol. The Labute approximate surface area is 85.9 Å². The van der Waals surface area contributed by atoms with Gasteiger partial charge in [-0.05, 0) is 6.07 Å². The van der Waals surface area contributed by atoms with E-state index in [0.29, 0.717) is 0 Å². The quantitative estimate of drug-likeness (QED) is 0.802. The predicted octanol–water partition coefficient (Wildman–Crippen LogP) is 2.52. The van der Waals surface area contributed by atoms with Crippen LogP contribution in [0.1, 0.15) is 10.4 Å². The van der Waals surface area contributed by atoms with E-state index in [4.69, 9.17) is 10.8 Å². The van der Waals surface area contributed by atoms with E-state index in [0.717, 1.165) is 0 Å². The number of aromatic carboxylic acids is 1. The van der Waals surface area contributed by atoms with Gasteiger partial charge in [-0.3, -0.25) is 0 Å². The normalized spacial score (nSPS) is 7.67. The summed E-state index contributed by atoms with van der Waals surface area (Å²) >= 11 is 0. The van der Waals surface area contributed by atoms with Crippen LogP contribution in [0.3, 0.4) is 0 Å². The summed E-state index contributed by atoms with van der Waals surface area (Å²) in [5.74, 6) is -0.992. The molecule has 0 radical (unpaired) electrons. The first-order valence-electron chi connectivity index (χ1n) is 2.75. The number of nitrogens with one attached hydrogen (secondary N) is 1. The van der Waals surface area contributed by atoms with Gasteiger partial charge >= 0.3 is 27.0 Å². The average molecular weight is 335 g/mol. The van der Waals surface area contributed by atoms with Gasteiger partial charge in [-0.15, -0.1) is 5.69 Å². The molecule has 0 atom stereocenters. The van der Waals surface area contributed by atoms with E-state index in [2.05, 4.69) is 0 Å². The second-order valence-corrected chi connectivity index (χ2v) is 1.89. The zero-order chi connectivity index (χ0) is 7.56. The van der Waals surface area contributed by atoms with Crippen LogP contribution in [0.25, 0.3) is 5.73 Å². The standard InChI is InChI=1S/C7H6NO2.CH3.W/c8-6-3-1-2-5(4-6)7(9)10;;/h1-4,8H,(H,9,10);1H3;/q2*-1;+2. The molecule has 0 aliphatic heterocycles. The number of carboxylic acid groups (broad SMARTS) is 1. The molecule has 0 saturated carbocycles. The molecule has 4 heteroatoms. The van der Waals surface area contributed by atoms with Crippen molar-refractivity contribution in [2.75, 3.05) is 0 Å². The third-order valence-corrected chi connectivity index (χ3v) is 1.11. The van der Waals surface area contributed by atoms with Crippen LogP contribution in [-0.4, -0.2) is 11.1 Å². The zero-order valence-electron chi connectivity index (χ0n) is 6.57. The van der Waals surface area contributed by atoms with Gasteiger partial charge in [0.15, 0.2) is 0 Å². The molecule has 0 aliphatic rings. The number of carboxylic acids is 1. The largest absolute Gasteiger partial charge is 2.00 e. The molecule has 0 fully saturated rings. The molecular weight excluding hydrogens is 326 g/mol. The van der Waals surface area contributed by atoms with Crippen molar-refractivity contribution in [3.05, 3.63) is 43.0 Å². The van der Waals surface area contributed by atoms with E-state index in [9.17, 15) is 4.79 Å². The number of hydrogen-bond donors (Lipinski definition) is 1. The van der Waals surface area contributed by atoms with Gasteiger partial charge in [0.2, 0.25) is 0 Å². The van der Waals surface area contributed by atoms with Crippen molar-refractivity contribution in [2.24, 2.45) is 0 Å². The minimum atomic E-state index is -0.992. The number of rotatable bonds is 1. The fourth-order valence-electron chi connectivity index (χ4n) is 0.652. The Balaban J connectivity index is 0.